The first-order valence-corrected chi connectivity index (χ1v) is 8.25. The van der Waals surface area contributed by atoms with Gasteiger partial charge in [-0.2, -0.15) is 0 Å². The minimum Gasteiger partial charge on any atom is -0.497 e. The molecule has 1 aromatic rings. The van der Waals surface area contributed by atoms with Gasteiger partial charge in [0.25, 0.3) is 0 Å². The molecule has 0 spiro atoms. The van der Waals surface area contributed by atoms with Crippen LogP contribution in [0.15, 0.2) is 24.3 Å². The molecule has 2 rings (SSSR count). The number of nitrogens with zero attached hydrogens (tertiary/aromatic N) is 1. The number of ether oxygens (including phenoxy) is 1. The maximum absolute atomic E-state index is 12.1. The number of likely N-dealkylation sites (tertiary alicyclic amines) is 1. The predicted molar refractivity (Wildman–Crippen MR) is 96.1 cm³/mol. The average molecular weight is 341 g/mol. The second-order valence-corrected chi connectivity index (χ2v) is 6.29. The van der Waals surface area contributed by atoms with Crippen molar-refractivity contribution in [2.24, 2.45) is 17.6 Å². The molecule has 0 radical (unpaired) electrons. The van der Waals surface area contributed by atoms with Gasteiger partial charge < -0.3 is 15.4 Å². The summed E-state index contributed by atoms with van der Waals surface area (Å²) in [5, 5.41) is 0. The topological polar surface area (TPSA) is 55.6 Å². The fourth-order valence-electron chi connectivity index (χ4n) is 3.02. The van der Waals surface area contributed by atoms with Gasteiger partial charge in [0.1, 0.15) is 5.75 Å². The minimum absolute atomic E-state index is 0. The number of carbonyl (C=O) groups is 1. The van der Waals surface area contributed by atoms with Crippen molar-refractivity contribution in [2.75, 3.05) is 26.7 Å². The summed E-state index contributed by atoms with van der Waals surface area (Å²) in [6.07, 6.45) is 4.51. The van der Waals surface area contributed by atoms with Crippen molar-refractivity contribution >= 4 is 18.3 Å². The number of halogens is 1. The molecule has 1 atom stereocenters. The van der Waals surface area contributed by atoms with Gasteiger partial charge in [0.05, 0.1) is 7.11 Å². The fraction of sp³-hybridized carbons (Fsp3) is 0.611. The summed E-state index contributed by atoms with van der Waals surface area (Å²) in [5.74, 6) is 1.80. The van der Waals surface area contributed by atoms with Crippen LogP contribution in [0.3, 0.4) is 0 Å². The van der Waals surface area contributed by atoms with E-state index in [2.05, 4.69) is 12.1 Å². The minimum atomic E-state index is -0.0455. The zero-order valence-corrected chi connectivity index (χ0v) is 15.0. The van der Waals surface area contributed by atoms with E-state index in [0.717, 1.165) is 44.0 Å². The third-order valence-electron chi connectivity index (χ3n) is 4.70. The maximum Gasteiger partial charge on any atom is 0.226 e. The average Bonchev–Trinajstić information content (AvgIpc) is 2.59. The smallest absolute Gasteiger partial charge is 0.226 e. The van der Waals surface area contributed by atoms with Crippen molar-refractivity contribution in [1.82, 2.24) is 4.90 Å². The van der Waals surface area contributed by atoms with Gasteiger partial charge in [0, 0.05) is 25.6 Å². The van der Waals surface area contributed by atoms with Crippen molar-refractivity contribution in [1.29, 1.82) is 0 Å². The molecular weight excluding hydrogens is 312 g/mol. The summed E-state index contributed by atoms with van der Waals surface area (Å²) in [4.78, 5) is 14.1. The van der Waals surface area contributed by atoms with E-state index in [1.807, 2.05) is 24.0 Å². The second-order valence-electron chi connectivity index (χ2n) is 6.29. The van der Waals surface area contributed by atoms with Crippen LogP contribution in [0.5, 0.6) is 5.75 Å². The maximum atomic E-state index is 12.1. The number of aryl methyl sites for hydroxylation is 1. The molecular formula is C18H29ClN2O2. The third-order valence-corrected chi connectivity index (χ3v) is 4.70. The molecule has 2 N–H and O–H groups in total. The number of methoxy groups -OCH3 is 1. The van der Waals surface area contributed by atoms with Gasteiger partial charge in [-0.05, 0) is 49.3 Å². The molecule has 1 aliphatic heterocycles. The monoisotopic (exact) mass is 340 g/mol. The van der Waals surface area contributed by atoms with Crippen LogP contribution < -0.4 is 10.5 Å². The Balaban J connectivity index is 0.00000264. The van der Waals surface area contributed by atoms with Crippen molar-refractivity contribution in [3.63, 3.8) is 0 Å². The Morgan fingerprint density at radius 2 is 1.91 bits per heavy atom. The van der Waals surface area contributed by atoms with Gasteiger partial charge in [-0.3, -0.25) is 4.79 Å². The second kappa shape index (κ2) is 9.78. The molecule has 1 aromatic carbocycles. The Hall–Kier alpha value is -1.26. The SMILES string of the molecule is COc1ccc(CCC2CCN(C(=O)C(C)CN)CC2)cc1.Cl. The van der Waals surface area contributed by atoms with Gasteiger partial charge in [-0.1, -0.05) is 19.1 Å². The van der Waals surface area contributed by atoms with Crippen LogP contribution in [-0.4, -0.2) is 37.6 Å². The lowest BCUT2D eigenvalue weighted by molar-refractivity contribution is -0.136. The van der Waals surface area contributed by atoms with E-state index in [0.29, 0.717) is 6.54 Å². The summed E-state index contributed by atoms with van der Waals surface area (Å²) in [6.45, 7) is 4.13. The van der Waals surface area contributed by atoms with Gasteiger partial charge in [-0.15, -0.1) is 12.4 Å². The number of carbonyl (C=O) groups excluding carboxylic acids is 1. The Kier molecular flexibility index (Phi) is 8.42. The summed E-state index contributed by atoms with van der Waals surface area (Å²) >= 11 is 0. The lowest BCUT2D eigenvalue weighted by Gasteiger charge is -2.33. The number of amides is 1. The van der Waals surface area contributed by atoms with Crippen LogP contribution >= 0.6 is 12.4 Å². The molecule has 1 heterocycles. The van der Waals surface area contributed by atoms with Gasteiger partial charge in [0.2, 0.25) is 5.91 Å². The molecule has 0 saturated carbocycles. The number of rotatable bonds is 6. The number of hydrogen-bond donors (Lipinski definition) is 1. The van der Waals surface area contributed by atoms with E-state index in [-0.39, 0.29) is 24.2 Å². The first-order chi connectivity index (χ1) is 10.6. The molecule has 1 saturated heterocycles. The molecule has 4 nitrogen and oxygen atoms in total. The highest BCUT2D eigenvalue weighted by atomic mass is 35.5. The van der Waals surface area contributed by atoms with Crippen LogP contribution in [0, 0.1) is 11.8 Å². The van der Waals surface area contributed by atoms with Gasteiger partial charge >= 0.3 is 0 Å². The fourth-order valence-corrected chi connectivity index (χ4v) is 3.02. The first-order valence-electron chi connectivity index (χ1n) is 8.25. The van der Waals surface area contributed by atoms with Crippen molar-refractivity contribution in [3.05, 3.63) is 29.8 Å². The van der Waals surface area contributed by atoms with E-state index in [4.69, 9.17) is 10.5 Å². The van der Waals surface area contributed by atoms with Gasteiger partial charge in [-0.25, -0.2) is 0 Å². The zero-order valence-electron chi connectivity index (χ0n) is 14.2. The molecule has 130 valence electrons. The van der Waals surface area contributed by atoms with Crippen molar-refractivity contribution in [3.8, 4) is 5.75 Å². The highest BCUT2D eigenvalue weighted by molar-refractivity contribution is 5.85. The highest BCUT2D eigenvalue weighted by Gasteiger charge is 2.25. The predicted octanol–water partition coefficient (Wildman–Crippen LogP) is 2.88. The Labute approximate surface area is 145 Å². The Morgan fingerprint density at radius 1 is 1.30 bits per heavy atom. The first kappa shape index (κ1) is 19.8. The molecule has 1 fully saturated rings. The quantitative estimate of drug-likeness (QED) is 0.866. The third kappa shape index (κ3) is 5.70. The lowest BCUT2D eigenvalue weighted by atomic mass is 9.90. The molecule has 5 heteroatoms. The molecule has 0 aliphatic carbocycles. The molecule has 1 unspecified atom stereocenters. The Morgan fingerprint density at radius 3 is 2.43 bits per heavy atom. The number of nitrogens with two attached hydrogens (primary N) is 1. The number of hydrogen-bond acceptors (Lipinski definition) is 3. The van der Waals surface area contributed by atoms with E-state index < -0.39 is 0 Å². The van der Waals surface area contributed by atoms with Crippen LogP contribution in [-0.2, 0) is 11.2 Å². The van der Waals surface area contributed by atoms with E-state index in [1.165, 1.54) is 12.0 Å². The van der Waals surface area contributed by atoms with E-state index in [9.17, 15) is 4.79 Å². The van der Waals surface area contributed by atoms with Crippen LogP contribution in [0.1, 0.15) is 31.7 Å². The number of benzene rings is 1. The molecule has 1 amide bonds. The molecule has 1 aliphatic rings. The lowest BCUT2D eigenvalue weighted by Crippen LogP contribution is -2.42. The summed E-state index contributed by atoms with van der Waals surface area (Å²) < 4.78 is 5.18. The van der Waals surface area contributed by atoms with E-state index in [1.54, 1.807) is 7.11 Å². The van der Waals surface area contributed by atoms with Crippen LogP contribution in [0.25, 0.3) is 0 Å². The largest absolute Gasteiger partial charge is 0.497 e. The highest BCUT2D eigenvalue weighted by Crippen LogP contribution is 2.24. The number of piperidine rings is 1. The normalized spacial score (nSPS) is 16.6. The van der Waals surface area contributed by atoms with Gasteiger partial charge in [0.15, 0.2) is 0 Å². The molecule has 0 bridgehead atoms. The molecule has 23 heavy (non-hydrogen) atoms. The Bertz CT molecular complexity index is 470. The van der Waals surface area contributed by atoms with Crippen molar-refractivity contribution in [2.45, 2.75) is 32.6 Å². The summed E-state index contributed by atoms with van der Waals surface area (Å²) in [6, 6.07) is 8.32. The van der Waals surface area contributed by atoms with Crippen LogP contribution in [0.4, 0.5) is 0 Å². The zero-order chi connectivity index (χ0) is 15.9. The van der Waals surface area contributed by atoms with E-state index >= 15 is 0 Å². The standard InChI is InChI=1S/C18H28N2O2.ClH/c1-14(13-19)18(21)20-11-9-16(10-12-20)4-3-15-5-7-17(22-2)8-6-15;/h5-8,14,16H,3-4,9-13,19H2,1-2H3;1H. The van der Waals surface area contributed by atoms with Crippen LogP contribution in [0.2, 0.25) is 0 Å². The molecule has 0 aromatic heterocycles. The summed E-state index contributed by atoms with van der Waals surface area (Å²) in [5.41, 5.74) is 6.94. The summed E-state index contributed by atoms with van der Waals surface area (Å²) in [7, 11) is 1.69. The van der Waals surface area contributed by atoms with Crippen molar-refractivity contribution < 1.29 is 9.53 Å².